The van der Waals surface area contributed by atoms with Crippen LogP contribution in [0.4, 0.5) is 0 Å². The van der Waals surface area contributed by atoms with E-state index in [1.165, 1.54) is 32.2 Å². The fourth-order valence-electron chi connectivity index (χ4n) is 2.26. The van der Waals surface area contributed by atoms with Crippen LogP contribution in [0.1, 0.15) is 46.5 Å². The normalized spacial score (nSPS) is 18.7. The van der Waals surface area contributed by atoms with Crippen molar-refractivity contribution in [2.75, 3.05) is 27.2 Å². The van der Waals surface area contributed by atoms with E-state index < -0.39 is 0 Å². The van der Waals surface area contributed by atoms with Gasteiger partial charge in [0.1, 0.15) is 0 Å². The second-order valence-corrected chi connectivity index (χ2v) is 5.73. The molecule has 0 aromatic rings. The second kappa shape index (κ2) is 6.72. The molecule has 1 atom stereocenters. The van der Waals surface area contributed by atoms with Crippen molar-refractivity contribution in [2.24, 2.45) is 0 Å². The number of nitrogens with zero attached hydrogens (tertiary/aromatic N) is 1. The van der Waals surface area contributed by atoms with Crippen LogP contribution in [-0.2, 0) is 4.74 Å². The van der Waals surface area contributed by atoms with Crippen LogP contribution in [0.25, 0.3) is 0 Å². The molecule has 0 radical (unpaired) electrons. The second-order valence-electron chi connectivity index (χ2n) is 5.73. The third-order valence-electron chi connectivity index (χ3n) is 3.99. The van der Waals surface area contributed by atoms with Crippen molar-refractivity contribution in [2.45, 2.75) is 64.1 Å². The lowest BCUT2D eigenvalue weighted by Gasteiger charge is -2.37. The molecule has 1 rings (SSSR count). The molecule has 3 heteroatoms. The zero-order valence-electron chi connectivity index (χ0n) is 12.3. The molecule has 1 N–H and O–H groups in total. The number of ether oxygens (including phenoxy) is 1. The maximum absolute atomic E-state index is 5.61. The first-order chi connectivity index (χ1) is 8.05. The Morgan fingerprint density at radius 3 is 2.47 bits per heavy atom. The predicted molar refractivity (Wildman–Crippen MR) is 73.4 cm³/mol. The van der Waals surface area contributed by atoms with E-state index in [4.69, 9.17) is 4.74 Å². The maximum atomic E-state index is 5.61. The Morgan fingerprint density at radius 1 is 1.41 bits per heavy atom. The van der Waals surface area contributed by atoms with E-state index in [2.05, 4.69) is 31.0 Å². The van der Waals surface area contributed by atoms with Crippen LogP contribution >= 0.6 is 0 Å². The van der Waals surface area contributed by atoms with Crippen molar-refractivity contribution in [3.8, 4) is 0 Å². The van der Waals surface area contributed by atoms with E-state index in [-0.39, 0.29) is 5.60 Å². The monoisotopic (exact) mass is 242 g/mol. The Hall–Kier alpha value is -0.120. The van der Waals surface area contributed by atoms with Crippen LogP contribution in [0.3, 0.4) is 0 Å². The molecule has 0 aromatic heterocycles. The molecule has 0 aliphatic heterocycles. The van der Waals surface area contributed by atoms with Crippen molar-refractivity contribution >= 4 is 0 Å². The molecule has 1 fully saturated rings. The SMILES string of the molecule is CCCCN(CC(NC)C(C)(C)OC)C1CC1. The van der Waals surface area contributed by atoms with Crippen molar-refractivity contribution < 1.29 is 4.74 Å². The highest BCUT2D eigenvalue weighted by molar-refractivity contribution is 4.92. The van der Waals surface area contributed by atoms with Crippen LogP contribution in [0, 0.1) is 0 Å². The quantitative estimate of drug-likeness (QED) is 0.671. The molecular formula is C14H30N2O. The summed E-state index contributed by atoms with van der Waals surface area (Å²) in [4.78, 5) is 2.64. The summed E-state index contributed by atoms with van der Waals surface area (Å²) in [6.07, 6.45) is 5.35. The van der Waals surface area contributed by atoms with E-state index in [0.717, 1.165) is 12.6 Å². The molecule has 0 spiro atoms. The van der Waals surface area contributed by atoms with Gasteiger partial charge in [-0.1, -0.05) is 13.3 Å². The van der Waals surface area contributed by atoms with E-state index in [0.29, 0.717) is 6.04 Å². The minimum Gasteiger partial charge on any atom is -0.377 e. The van der Waals surface area contributed by atoms with Gasteiger partial charge < -0.3 is 10.1 Å². The summed E-state index contributed by atoms with van der Waals surface area (Å²) in [6.45, 7) is 8.93. The number of methoxy groups -OCH3 is 1. The predicted octanol–water partition coefficient (Wildman–Crippen LogP) is 2.26. The smallest absolute Gasteiger partial charge is 0.0787 e. The highest BCUT2D eigenvalue weighted by Gasteiger charge is 2.34. The van der Waals surface area contributed by atoms with Gasteiger partial charge in [0, 0.05) is 25.7 Å². The summed E-state index contributed by atoms with van der Waals surface area (Å²) in [6, 6.07) is 1.23. The van der Waals surface area contributed by atoms with E-state index in [1.807, 2.05) is 7.05 Å². The molecule has 1 saturated carbocycles. The topological polar surface area (TPSA) is 24.5 Å². The summed E-state index contributed by atoms with van der Waals surface area (Å²) < 4.78 is 5.61. The Morgan fingerprint density at radius 2 is 2.06 bits per heavy atom. The van der Waals surface area contributed by atoms with Gasteiger partial charge in [0.15, 0.2) is 0 Å². The Kier molecular flexibility index (Phi) is 5.90. The average molecular weight is 242 g/mol. The molecule has 0 amide bonds. The largest absolute Gasteiger partial charge is 0.377 e. The van der Waals surface area contributed by atoms with Crippen LogP contribution < -0.4 is 5.32 Å². The Balaban J connectivity index is 2.50. The number of hydrogen-bond acceptors (Lipinski definition) is 3. The van der Waals surface area contributed by atoms with Gasteiger partial charge in [-0.05, 0) is 46.7 Å². The molecule has 0 aromatic carbocycles. The Bertz CT molecular complexity index is 214. The first kappa shape index (κ1) is 14.9. The number of rotatable bonds is 9. The van der Waals surface area contributed by atoms with Crippen molar-refractivity contribution in [3.05, 3.63) is 0 Å². The minimum absolute atomic E-state index is 0.103. The fourth-order valence-corrected chi connectivity index (χ4v) is 2.26. The Labute approximate surface area is 107 Å². The van der Waals surface area contributed by atoms with Crippen LogP contribution in [0.5, 0.6) is 0 Å². The summed E-state index contributed by atoms with van der Waals surface area (Å²) in [5, 5.41) is 3.42. The summed E-state index contributed by atoms with van der Waals surface area (Å²) in [5.74, 6) is 0. The van der Waals surface area contributed by atoms with Gasteiger partial charge in [-0.15, -0.1) is 0 Å². The number of likely N-dealkylation sites (N-methyl/N-ethyl adjacent to an activating group) is 1. The van der Waals surface area contributed by atoms with Gasteiger partial charge in [0.25, 0.3) is 0 Å². The third kappa shape index (κ3) is 4.57. The summed E-state index contributed by atoms with van der Waals surface area (Å²) in [5.41, 5.74) is -0.103. The number of nitrogens with one attached hydrogen (secondary N) is 1. The zero-order valence-corrected chi connectivity index (χ0v) is 12.3. The average Bonchev–Trinajstić information content (AvgIpc) is 3.13. The first-order valence-corrected chi connectivity index (χ1v) is 7.01. The van der Waals surface area contributed by atoms with Crippen molar-refractivity contribution in [1.82, 2.24) is 10.2 Å². The molecule has 0 bridgehead atoms. The van der Waals surface area contributed by atoms with Crippen molar-refractivity contribution in [1.29, 1.82) is 0 Å². The highest BCUT2D eigenvalue weighted by atomic mass is 16.5. The van der Waals surface area contributed by atoms with Crippen LogP contribution in [-0.4, -0.2) is 49.8 Å². The molecule has 1 aliphatic carbocycles. The van der Waals surface area contributed by atoms with Gasteiger partial charge in [-0.2, -0.15) is 0 Å². The van der Waals surface area contributed by atoms with E-state index >= 15 is 0 Å². The van der Waals surface area contributed by atoms with Gasteiger partial charge in [0.2, 0.25) is 0 Å². The minimum atomic E-state index is -0.103. The standard InChI is InChI=1S/C14H30N2O/c1-6-7-10-16(12-8-9-12)11-13(15-4)14(2,3)17-5/h12-13,15H,6-11H2,1-5H3. The molecule has 1 aliphatic rings. The molecule has 102 valence electrons. The molecule has 1 unspecified atom stereocenters. The highest BCUT2D eigenvalue weighted by Crippen LogP contribution is 2.28. The molecule has 17 heavy (non-hydrogen) atoms. The zero-order chi connectivity index (χ0) is 12.9. The maximum Gasteiger partial charge on any atom is 0.0787 e. The van der Waals surface area contributed by atoms with Gasteiger partial charge in [0.05, 0.1) is 5.60 Å². The summed E-state index contributed by atoms with van der Waals surface area (Å²) >= 11 is 0. The van der Waals surface area contributed by atoms with Crippen LogP contribution in [0.2, 0.25) is 0 Å². The fraction of sp³-hybridized carbons (Fsp3) is 1.00. The molecular weight excluding hydrogens is 212 g/mol. The van der Waals surface area contributed by atoms with Gasteiger partial charge in [-0.3, -0.25) is 4.90 Å². The number of unbranched alkanes of at least 4 members (excludes halogenated alkanes) is 1. The third-order valence-corrected chi connectivity index (χ3v) is 3.99. The molecule has 0 saturated heterocycles. The van der Waals surface area contributed by atoms with Gasteiger partial charge >= 0.3 is 0 Å². The van der Waals surface area contributed by atoms with E-state index in [9.17, 15) is 0 Å². The van der Waals surface area contributed by atoms with Crippen LogP contribution in [0.15, 0.2) is 0 Å². The lowest BCUT2D eigenvalue weighted by atomic mass is 9.98. The lowest BCUT2D eigenvalue weighted by molar-refractivity contribution is -0.0186. The van der Waals surface area contributed by atoms with Crippen molar-refractivity contribution in [3.63, 3.8) is 0 Å². The number of hydrogen-bond donors (Lipinski definition) is 1. The van der Waals surface area contributed by atoms with E-state index in [1.54, 1.807) is 7.11 Å². The molecule has 3 nitrogen and oxygen atoms in total. The van der Waals surface area contributed by atoms with Gasteiger partial charge in [-0.25, -0.2) is 0 Å². The molecule has 0 heterocycles. The first-order valence-electron chi connectivity index (χ1n) is 7.01. The summed E-state index contributed by atoms with van der Waals surface area (Å²) in [7, 11) is 3.84. The lowest BCUT2D eigenvalue weighted by Crippen LogP contribution is -2.53.